The maximum absolute atomic E-state index is 4.75. The summed E-state index contributed by atoms with van der Waals surface area (Å²) in [6.45, 7) is 6.68. The molecule has 1 N–H and O–H groups in total. The Morgan fingerprint density at radius 3 is 2.61 bits per heavy atom. The summed E-state index contributed by atoms with van der Waals surface area (Å²) in [6.07, 6.45) is 6.16. The molecule has 2 aromatic heterocycles. The second-order valence-electron chi connectivity index (χ2n) is 6.24. The highest BCUT2D eigenvalue weighted by Gasteiger charge is 2.19. The van der Waals surface area contributed by atoms with Crippen LogP contribution in [0.15, 0.2) is 24.4 Å². The van der Waals surface area contributed by atoms with E-state index in [4.69, 9.17) is 4.98 Å². The summed E-state index contributed by atoms with van der Waals surface area (Å²) in [5.74, 6) is 0.900. The molecule has 1 saturated heterocycles. The molecular formula is C17H28Cl2N4. The van der Waals surface area contributed by atoms with Gasteiger partial charge < -0.3 is 9.72 Å². The number of piperidine rings is 1. The predicted octanol–water partition coefficient (Wildman–Crippen LogP) is 3.31. The second kappa shape index (κ2) is 9.48. The lowest BCUT2D eigenvalue weighted by atomic mass is 9.93. The number of hydrogen-bond acceptors (Lipinski definition) is 3. The van der Waals surface area contributed by atoms with E-state index in [1.165, 1.54) is 43.7 Å². The number of aromatic nitrogens is 2. The summed E-state index contributed by atoms with van der Waals surface area (Å²) in [7, 11) is 2.04. The number of aryl methyl sites for hydroxylation is 1. The van der Waals surface area contributed by atoms with Crippen LogP contribution in [-0.2, 0) is 6.54 Å². The molecule has 0 radical (unpaired) electrons. The van der Waals surface area contributed by atoms with Crippen molar-refractivity contribution in [2.45, 2.75) is 32.7 Å². The molecule has 0 aliphatic carbocycles. The number of fused-ring (bicyclic) bond motifs is 1. The summed E-state index contributed by atoms with van der Waals surface area (Å²) in [4.78, 5) is 7.30. The third-order valence-corrected chi connectivity index (χ3v) is 4.64. The van der Waals surface area contributed by atoms with Crippen LogP contribution in [0.1, 0.15) is 30.7 Å². The van der Waals surface area contributed by atoms with Gasteiger partial charge in [0.05, 0.1) is 5.69 Å². The SMILES string of the molecule is CNCCC1CCN(Cc2cn3c(C)cccc3n2)CC1.Cl.Cl. The van der Waals surface area contributed by atoms with E-state index in [2.05, 4.69) is 45.9 Å². The largest absolute Gasteiger partial charge is 0.320 e. The van der Waals surface area contributed by atoms with Crippen LogP contribution in [0.2, 0.25) is 0 Å². The van der Waals surface area contributed by atoms with Gasteiger partial charge in [-0.05, 0) is 70.9 Å². The van der Waals surface area contributed by atoms with Crippen LogP contribution >= 0.6 is 24.8 Å². The van der Waals surface area contributed by atoms with E-state index in [1.54, 1.807) is 0 Å². The number of rotatable bonds is 5. The van der Waals surface area contributed by atoms with Gasteiger partial charge in [0, 0.05) is 18.4 Å². The maximum Gasteiger partial charge on any atom is 0.137 e. The molecule has 0 unspecified atom stereocenters. The third-order valence-electron chi connectivity index (χ3n) is 4.64. The van der Waals surface area contributed by atoms with Gasteiger partial charge in [0.1, 0.15) is 5.65 Å². The van der Waals surface area contributed by atoms with Gasteiger partial charge in [-0.3, -0.25) is 4.90 Å². The third kappa shape index (κ3) is 5.08. The molecule has 3 heterocycles. The highest BCUT2D eigenvalue weighted by molar-refractivity contribution is 5.85. The Labute approximate surface area is 151 Å². The summed E-state index contributed by atoms with van der Waals surface area (Å²) in [6, 6.07) is 6.29. The van der Waals surface area contributed by atoms with Gasteiger partial charge in [0.15, 0.2) is 0 Å². The second-order valence-corrected chi connectivity index (χ2v) is 6.24. The quantitative estimate of drug-likeness (QED) is 0.889. The molecule has 0 aromatic carbocycles. The molecule has 3 rings (SSSR count). The van der Waals surface area contributed by atoms with Crippen LogP contribution in [0.3, 0.4) is 0 Å². The van der Waals surface area contributed by atoms with Crippen LogP contribution in [0.4, 0.5) is 0 Å². The lowest BCUT2D eigenvalue weighted by molar-refractivity contribution is 0.171. The minimum Gasteiger partial charge on any atom is -0.320 e. The molecule has 1 aliphatic heterocycles. The number of pyridine rings is 1. The first-order valence-corrected chi connectivity index (χ1v) is 8.07. The van der Waals surface area contributed by atoms with Gasteiger partial charge in [0.25, 0.3) is 0 Å². The highest BCUT2D eigenvalue weighted by Crippen LogP contribution is 2.21. The molecule has 0 amide bonds. The summed E-state index contributed by atoms with van der Waals surface area (Å²) in [5, 5.41) is 3.26. The van der Waals surface area contributed by atoms with Crippen molar-refractivity contribution < 1.29 is 0 Å². The molecule has 130 valence electrons. The smallest absolute Gasteiger partial charge is 0.137 e. The van der Waals surface area contributed by atoms with E-state index >= 15 is 0 Å². The van der Waals surface area contributed by atoms with Gasteiger partial charge in [-0.1, -0.05) is 6.07 Å². The summed E-state index contributed by atoms with van der Waals surface area (Å²) < 4.78 is 2.19. The average Bonchev–Trinajstić information content (AvgIpc) is 2.91. The van der Waals surface area contributed by atoms with Gasteiger partial charge in [-0.15, -0.1) is 24.8 Å². The fraction of sp³-hybridized carbons (Fsp3) is 0.588. The first-order chi connectivity index (χ1) is 10.3. The Morgan fingerprint density at radius 1 is 1.22 bits per heavy atom. The van der Waals surface area contributed by atoms with Crippen molar-refractivity contribution in [1.82, 2.24) is 19.6 Å². The van der Waals surface area contributed by atoms with E-state index in [0.29, 0.717) is 0 Å². The molecule has 0 saturated carbocycles. The number of hydrogen-bond donors (Lipinski definition) is 1. The summed E-state index contributed by atoms with van der Waals surface area (Å²) >= 11 is 0. The Morgan fingerprint density at radius 2 is 1.96 bits per heavy atom. The van der Waals surface area contributed by atoms with Crippen LogP contribution < -0.4 is 5.32 Å². The average molecular weight is 359 g/mol. The van der Waals surface area contributed by atoms with Crippen molar-refractivity contribution in [1.29, 1.82) is 0 Å². The van der Waals surface area contributed by atoms with Crippen molar-refractivity contribution in [3.63, 3.8) is 0 Å². The minimum atomic E-state index is 0. The highest BCUT2D eigenvalue weighted by atomic mass is 35.5. The zero-order valence-corrected chi connectivity index (χ0v) is 15.6. The van der Waals surface area contributed by atoms with Gasteiger partial charge >= 0.3 is 0 Å². The van der Waals surface area contributed by atoms with E-state index < -0.39 is 0 Å². The van der Waals surface area contributed by atoms with E-state index in [9.17, 15) is 0 Å². The molecule has 6 heteroatoms. The van der Waals surface area contributed by atoms with Crippen LogP contribution in [0.25, 0.3) is 5.65 Å². The van der Waals surface area contributed by atoms with E-state index in [1.807, 2.05) is 7.05 Å². The Balaban J connectivity index is 0.00000132. The van der Waals surface area contributed by atoms with Crippen LogP contribution in [0, 0.1) is 12.8 Å². The number of halogens is 2. The molecule has 4 nitrogen and oxygen atoms in total. The molecule has 1 aliphatic rings. The molecule has 0 atom stereocenters. The molecule has 2 aromatic rings. The monoisotopic (exact) mass is 358 g/mol. The molecular weight excluding hydrogens is 331 g/mol. The zero-order valence-electron chi connectivity index (χ0n) is 14.0. The van der Waals surface area contributed by atoms with Crippen LogP contribution in [-0.4, -0.2) is 41.0 Å². The Kier molecular flexibility index (Phi) is 8.34. The molecule has 1 fully saturated rings. The predicted molar refractivity (Wildman–Crippen MR) is 101 cm³/mol. The van der Waals surface area contributed by atoms with Gasteiger partial charge in [-0.2, -0.15) is 0 Å². The fourth-order valence-corrected chi connectivity index (χ4v) is 3.29. The normalized spacial score (nSPS) is 16.1. The molecule has 0 bridgehead atoms. The maximum atomic E-state index is 4.75. The Hall–Kier alpha value is -0.810. The number of likely N-dealkylation sites (tertiary alicyclic amines) is 1. The fourth-order valence-electron chi connectivity index (χ4n) is 3.29. The van der Waals surface area contributed by atoms with E-state index in [-0.39, 0.29) is 24.8 Å². The number of nitrogens with one attached hydrogen (secondary N) is 1. The van der Waals surface area contributed by atoms with Crippen molar-refractivity contribution in [2.24, 2.45) is 5.92 Å². The summed E-state index contributed by atoms with van der Waals surface area (Å²) in [5.41, 5.74) is 3.50. The number of imidazole rings is 1. The zero-order chi connectivity index (χ0) is 14.7. The first kappa shape index (κ1) is 20.2. The minimum absolute atomic E-state index is 0. The standard InChI is InChI=1S/C17H26N4.2ClH/c1-14-4-3-5-17-19-16(13-21(14)17)12-20-10-7-15(8-11-20)6-9-18-2;;/h3-5,13,15,18H,6-12H2,1-2H3;2*1H. The van der Waals surface area contributed by atoms with Crippen LogP contribution in [0.5, 0.6) is 0 Å². The molecule has 23 heavy (non-hydrogen) atoms. The lowest BCUT2D eigenvalue weighted by Crippen LogP contribution is -2.34. The lowest BCUT2D eigenvalue weighted by Gasteiger charge is -2.31. The molecule has 0 spiro atoms. The van der Waals surface area contributed by atoms with Crippen molar-refractivity contribution in [2.75, 3.05) is 26.7 Å². The van der Waals surface area contributed by atoms with Crippen molar-refractivity contribution in [3.05, 3.63) is 35.8 Å². The van der Waals surface area contributed by atoms with Gasteiger partial charge in [0.2, 0.25) is 0 Å². The van der Waals surface area contributed by atoms with Gasteiger partial charge in [-0.25, -0.2) is 4.98 Å². The Bertz CT molecular complexity index is 591. The first-order valence-electron chi connectivity index (χ1n) is 8.07. The van der Waals surface area contributed by atoms with Crippen molar-refractivity contribution >= 4 is 30.5 Å². The number of nitrogens with zero attached hydrogens (tertiary/aromatic N) is 3. The van der Waals surface area contributed by atoms with Crippen molar-refractivity contribution in [3.8, 4) is 0 Å². The topological polar surface area (TPSA) is 32.6 Å². The van der Waals surface area contributed by atoms with E-state index in [0.717, 1.165) is 24.7 Å².